The zero-order chi connectivity index (χ0) is 29.1. The molecule has 1 unspecified atom stereocenters. The van der Waals surface area contributed by atoms with Crippen LogP contribution >= 0.6 is 0 Å². The summed E-state index contributed by atoms with van der Waals surface area (Å²) in [4.78, 5) is 35.8. The van der Waals surface area contributed by atoms with Crippen LogP contribution < -0.4 is 10.2 Å². The van der Waals surface area contributed by atoms with E-state index >= 15 is 0 Å². The normalized spacial score (nSPS) is 15.0. The lowest BCUT2D eigenvalue weighted by Gasteiger charge is -2.33. The maximum Gasteiger partial charge on any atom is 0.410 e. The van der Waals surface area contributed by atoms with Gasteiger partial charge in [-0.15, -0.1) is 0 Å². The lowest BCUT2D eigenvalue weighted by Crippen LogP contribution is -2.44. The number of carbonyl (C=O) groups is 1. The molecule has 0 radical (unpaired) electrons. The highest BCUT2D eigenvalue weighted by Crippen LogP contribution is 2.26. The highest BCUT2D eigenvalue weighted by molar-refractivity contribution is 5.68. The molecule has 3 aromatic heterocycles. The molecule has 1 saturated heterocycles. The van der Waals surface area contributed by atoms with Crippen molar-refractivity contribution in [2.24, 2.45) is 7.05 Å². The molecular weight excluding hydrogens is 522 g/mol. The second-order valence-electron chi connectivity index (χ2n) is 11.3. The Bertz CT molecular complexity index is 1560. The molecule has 1 amide bonds. The van der Waals surface area contributed by atoms with Crippen LogP contribution in [0.3, 0.4) is 0 Å². The molecule has 0 saturated carbocycles. The number of piperidine rings is 1. The van der Waals surface area contributed by atoms with E-state index in [1.165, 1.54) is 6.07 Å². The van der Waals surface area contributed by atoms with Crippen LogP contribution in [0.2, 0.25) is 0 Å². The third-order valence-electron chi connectivity index (χ3n) is 6.87. The molecule has 5 rings (SSSR count). The Balaban J connectivity index is 1.24. The second kappa shape index (κ2) is 11.5. The van der Waals surface area contributed by atoms with Gasteiger partial charge in [0.2, 0.25) is 5.43 Å². The molecular formula is C30H35N7O4. The molecule has 4 aromatic rings. The molecule has 11 nitrogen and oxygen atoms in total. The van der Waals surface area contributed by atoms with E-state index in [0.29, 0.717) is 43.2 Å². The topological polar surface area (TPSA) is 117 Å². The van der Waals surface area contributed by atoms with Crippen LogP contribution in [-0.2, 0) is 11.8 Å². The molecule has 1 aliphatic rings. The van der Waals surface area contributed by atoms with Crippen molar-refractivity contribution in [2.75, 3.05) is 13.1 Å². The number of amides is 1. The molecule has 1 aliphatic heterocycles. The van der Waals surface area contributed by atoms with Gasteiger partial charge in [0.15, 0.2) is 11.6 Å². The second-order valence-corrected chi connectivity index (χ2v) is 11.3. The number of hydrogen-bond donors (Lipinski definition) is 0. The molecule has 0 spiro atoms. The summed E-state index contributed by atoms with van der Waals surface area (Å²) in [5.41, 5.74) is 2.33. The summed E-state index contributed by atoms with van der Waals surface area (Å²) in [5, 5.41) is 8.79. The van der Waals surface area contributed by atoms with E-state index < -0.39 is 5.60 Å². The molecule has 1 atom stereocenters. The Labute approximate surface area is 238 Å². The van der Waals surface area contributed by atoms with E-state index in [4.69, 9.17) is 9.47 Å². The van der Waals surface area contributed by atoms with Crippen LogP contribution in [0, 0.1) is 0 Å². The molecule has 41 heavy (non-hydrogen) atoms. The first-order valence-corrected chi connectivity index (χ1v) is 13.7. The Morgan fingerprint density at radius 2 is 1.80 bits per heavy atom. The minimum absolute atomic E-state index is 0.0265. The number of nitrogens with zero attached hydrogens (tertiary/aromatic N) is 7. The highest BCUT2D eigenvalue weighted by atomic mass is 16.6. The fraction of sp³-hybridized carbons (Fsp3) is 0.400. The largest absolute Gasteiger partial charge is 0.487 e. The monoisotopic (exact) mass is 557 g/mol. The predicted octanol–water partition coefficient (Wildman–Crippen LogP) is 4.35. The minimum Gasteiger partial charge on any atom is -0.487 e. The zero-order valence-electron chi connectivity index (χ0n) is 24.0. The van der Waals surface area contributed by atoms with Crippen LogP contribution in [0.5, 0.6) is 5.75 Å². The van der Waals surface area contributed by atoms with Gasteiger partial charge in [0, 0.05) is 56.7 Å². The van der Waals surface area contributed by atoms with Gasteiger partial charge in [0.25, 0.3) is 0 Å². The van der Waals surface area contributed by atoms with Gasteiger partial charge in [-0.2, -0.15) is 10.2 Å². The van der Waals surface area contributed by atoms with Crippen LogP contribution in [0.25, 0.3) is 17.1 Å². The number of benzene rings is 1. The molecule has 0 bridgehead atoms. The number of aromatic nitrogens is 6. The lowest BCUT2D eigenvalue weighted by atomic mass is 9.95. The molecule has 1 aromatic carbocycles. The maximum absolute atomic E-state index is 12.7. The molecule has 0 N–H and O–H groups in total. The first-order chi connectivity index (χ1) is 19.6. The van der Waals surface area contributed by atoms with Crippen molar-refractivity contribution >= 4 is 6.09 Å². The van der Waals surface area contributed by atoms with Gasteiger partial charge in [0.05, 0.1) is 24.8 Å². The number of ether oxygens (including phenoxy) is 2. The minimum atomic E-state index is -0.513. The zero-order valence-corrected chi connectivity index (χ0v) is 24.0. The van der Waals surface area contributed by atoms with E-state index in [1.807, 2.05) is 65.2 Å². The van der Waals surface area contributed by atoms with Crippen LogP contribution in [0.15, 0.2) is 66.1 Å². The van der Waals surface area contributed by atoms with E-state index in [2.05, 4.69) is 20.2 Å². The summed E-state index contributed by atoms with van der Waals surface area (Å²) >= 11 is 0. The molecule has 1 fully saturated rings. The van der Waals surface area contributed by atoms with Gasteiger partial charge in [-0.25, -0.2) is 19.4 Å². The summed E-state index contributed by atoms with van der Waals surface area (Å²) in [6, 6.07) is 9.34. The first kappa shape index (κ1) is 28.0. The summed E-state index contributed by atoms with van der Waals surface area (Å²) in [6.07, 6.45) is 9.62. The smallest absolute Gasteiger partial charge is 0.410 e. The van der Waals surface area contributed by atoms with E-state index in [-0.39, 0.29) is 23.5 Å². The van der Waals surface area contributed by atoms with Crippen LogP contribution in [0.1, 0.15) is 57.7 Å². The fourth-order valence-electron chi connectivity index (χ4n) is 4.70. The summed E-state index contributed by atoms with van der Waals surface area (Å²) in [6.45, 7) is 8.71. The van der Waals surface area contributed by atoms with E-state index in [1.54, 1.807) is 39.1 Å². The summed E-state index contributed by atoms with van der Waals surface area (Å²) in [5.74, 6) is 0.888. The third-order valence-corrected chi connectivity index (χ3v) is 6.87. The Morgan fingerprint density at radius 1 is 1.07 bits per heavy atom. The van der Waals surface area contributed by atoms with Crippen molar-refractivity contribution in [3.8, 4) is 22.8 Å². The van der Waals surface area contributed by atoms with E-state index in [0.717, 1.165) is 16.8 Å². The molecule has 4 heterocycles. The molecule has 0 aliphatic carbocycles. The van der Waals surface area contributed by atoms with Crippen LogP contribution in [0.4, 0.5) is 4.79 Å². The summed E-state index contributed by atoms with van der Waals surface area (Å²) in [7, 11) is 1.83. The standard InChI is InChI=1S/C30H35N7O4/c1-20(27-26(38)11-14-37(34-27)23-16-33-35(5)19-23)21-7-6-8-22(15-21)28-31-17-25(18-32-28)40-24-9-12-36(13-10-24)29(39)41-30(2,3)4/h6-8,11,14-20,24H,9-10,12-13H2,1-5H3. The number of carbonyl (C=O) groups excluding carboxylic acids is 1. The van der Waals surface area contributed by atoms with Gasteiger partial charge in [-0.05, 0) is 32.4 Å². The summed E-state index contributed by atoms with van der Waals surface area (Å²) < 4.78 is 14.9. The van der Waals surface area contributed by atoms with Crippen molar-refractivity contribution in [2.45, 2.75) is 58.2 Å². The highest BCUT2D eigenvalue weighted by Gasteiger charge is 2.27. The van der Waals surface area contributed by atoms with Gasteiger partial charge in [0.1, 0.15) is 23.1 Å². The van der Waals surface area contributed by atoms with Crippen LogP contribution in [-0.4, -0.2) is 65.3 Å². The van der Waals surface area contributed by atoms with Crippen molar-refractivity contribution < 1.29 is 14.3 Å². The van der Waals surface area contributed by atoms with Gasteiger partial charge < -0.3 is 14.4 Å². The van der Waals surface area contributed by atoms with Crippen molar-refractivity contribution in [3.05, 3.63) is 82.8 Å². The third kappa shape index (κ3) is 6.79. The average molecular weight is 558 g/mol. The lowest BCUT2D eigenvalue weighted by molar-refractivity contribution is 0.0126. The predicted molar refractivity (Wildman–Crippen MR) is 153 cm³/mol. The fourth-order valence-corrected chi connectivity index (χ4v) is 4.70. The first-order valence-electron chi connectivity index (χ1n) is 13.7. The maximum atomic E-state index is 12.7. The quantitative estimate of drug-likeness (QED) is 0.343. The van der Waals surface area contributed by atoms with Gasteiger partial charge in [-0.3, -0.25) is 9.48 Å². The number of rotatable bonds is 6. The van der Waals surface area contributed by atoms with Gasteiger partial charge >= 0.3 is 6.09 Å². The molecule has 11 heteroatoms. The molecule has 214 valence electrons. The Kier molecular flexibility index (Phi) is 7.87. The Hall–Kier alpha value is -4.54. The van der Waals surface area contributed by atoms with Crippen molar-refractivity contribution in [1.82, 2.24) is 34.4 Å². The van der Waals surface area contributed by atoms with Crippen molar-refractivity contribution in [3.63, 3.8) is 0 Å². The number of aryl methyl sites for hydroxylation is 1. The SMILES string of the molecule is CC(c1cccc(-c2ncc(OC3CCN(C(=O)OC(C)(C)C)CC3)cn2)c1)c1nn(-c2cnn(C)c2)ccc1=O. The Morgan fingerprint density at radius 3 is 2.46 bits per heavy atom. The van der Waals surface area contributed by atoms with Crippen molar-refractivity contribution in [1.29, 1.82) is 0 Å². The number of likely N-dealkylation sites (tertiary alicyclic amines) is 1. The average Bonchev–Trinajstić information content (AvgIpc) is 3.39. The number of hydrogen-bond acceptors (Lipinski definition) is 8. The van der Waals surface area contributed by atoms with E-state index in [9.17, 15) is 9.59 Å². The van der Waals surface area contributed by atoms with Gasteiger partial charge in [-0.1, -0.05) is 25.1 Å².